The Bertz CT molecular complexity index is 755. The number of rotatable bonds is 8. The number of hydrogen-bond donors (Lipinski definition) is 1. The Labute approximate surface area is 153 Å². The fourth-order valence-electron chi connectivity index (χ4n) is 2.39. The molecular weight excluding hydrogens is 334 g/mol. The molecule has 2 aromatic carbocycles. The number of ether oxygens (including phenoxy) is 2. The molecule has 2 rings (SSSR count). The molecule has 0 bridgehead atoms. The van der Waals surface area contributed by atoms with Crippen LogP contribution in [0.1, 0.15) is 11.1 Å². The zero-order chi connectivity index (χ0) is 18.9. The number of phenols is 1. The van der Waals surface area contributed by atoms with Crippen LogP contribution in [0.5, 0.6) is 17.2 Å². The van der Waals surface area contributed by atoms with Crippen molar-refractivity contribution < 1.29 is 24.2 Å². The SMILES string of the molecule is COc1ccc(C=CC(=O)N(CCc2ccc(O)cc2)OC)cc1OC. The number of carbonyl (C=O) groups is 1. The smallest absolute Gasteiger partial charge is 0.270 e. The van der Waals surface area contributed by atoms with Crippen LogP contribution in [0.25, 0.3) is 6.08 Å². The summed E-state index contributed by atoms with van der Waals surface area (Å²) in [6.07, 6.45) is 3.75. The van der Waals surface area contributed by atoms with Gasteiger partial charge in [0.05, 0.1) is 27.9 Å². The van der Waals surface area contributed by atoms with Crippen LogP contribution in [0.4, 0.5) is 0 Å². The molecule has 0 aliphatic carbocycles. The minimum absolute atomic E-state index is 0.214. The third kappa shape index (κ3) is 5.26. The van der Waals surface area contributed by atoms with Crippen LogP contribution in [0.15, 0.2) is 48.5 Å². The maximum absolute atomic E-state index is 12.3. The van der Waals surface area contributed by atoms with Crippen molar-refractivity contribution in [3.05, 3.63) is 59.7 Å². The molecule has 0 fully saturated rings. The third-order valence-corrected chi connectivity index (χ3v) is 3.83. The lowest BCUT2D eigenvalue weighted by Crippen LogP contribution is -2.30. The van der Waals surface area contributed by atoms with Gasteiger partial charge in [-0.2, -0.15) is 0 Å². The molecule has 6 nitrogen and oxygen atoms in total. The highest BCUT2D eigenvalue weighted by Crippen LogP contribution is 2.28. The highest BCUT2D eigenvalue weighted by Gasteiger charge is 2.10. The van der Waals surface area contributed by atoms with E-state index in [0.717, 1.165) is 11.1 Å². The largest absolute Gasteiger partial charge is 0.508 e. The Kier molecular flexibility index (Phi) is 7.05. The Balaban J connectivity index is 1.99. The molecule has 0 atom stereocenters. The van der Waals surface area contributed by atoms with Gasteiger partial charge in [-0.15, -0.1) is 0 Å². The van der Waals surface area contributed by atoms with Crippen molar-refractivity contribution in [1.82, 2.24) is 5.06 Å². The molecule has 1 amide bonds. The van der Waals surface area contributed by atoms with E-state index in [4.69, 9.17) is 14.3 Å². The highest BCUT2D eigenvalue weighted by atomic mass is 16.7. The summed E-state index contributed by atoms with van der Waals surface area (Å²) in [6, 6.07) is 12.3. The Hall–Kier alpha value is -2.99. The number of hydrogen-bond acceptors (Lipinski definition) is 5. The highest BCUT2D eigenvalue weighted by molar-refractivity contribution is 5.91. The van der Waals surface area contributed by atoms with Gasteiger partial charge in [-0.05, 0) is 47.9 Å². The first-order chi connectivity index (χ1) is 12.6. The van der Waals surface area contributed by atoms with Crippen molar-refractivity contribution in [3.8, 4) is 17.2 Å². The van der Waals surface area contributed by atoms with Gasteiger partial charge in [-0.3, -0.25) is 9.63 Å². The van der Waals surface area contributed by atoms with Gasteiger partial charge in [0.2, 0.25) is 0 Å². The van der Waals surface area contributed by atoms with Crippen LogP contribution in [-0.4, -0.2) is 44.0 Å². The summed E-state index contributed by atoms with van der Waals surface area (Å²) in [5.74, 6) is 1.17. The molecule has 0 saturated carbocycles. The fourth-order valence-corrected chi connectivity index (χ4v) is 2.39. The standard InChI is InChI=1S/C20H23NO5/c1-24-18-10-6-16(14-19(18)25-2)7-11-20(23)21(26-3)13-12-15-4-8-17(22)9-5-15/h4-11,14,22H,12-13H2,1-3H3. The third-order valence-electron chi connectivity index (χ3n) is 3.83. The van der Waals surface area contributed by atoms with E-state index >= 15 is 0 Å². The molecule has 0 saturated heterocycles. The monoisotopic (exact) mass is 357 g/mol. The molecule has 0 radical (unpaired) electrons. The lowest BCUT2D eigenvalue weighted by atomic mass is 10.1. The first-order valence-electron chi connectivity index (χ1n) is 8.11. The van der Waals surface area contributed by atoms with Crippen LogP contribution >= 0.6 is 0 Å². The summed E-state index contributed by atoms with van der Waals surface area (Å²) in [6.45, 7) is 0.399. The Morgan fingerprint density at radius 1 is 1.04 bits per heavy atom. The zero-order valence-electron chi connectivity index (χ0n) is 15.1. The Morgan fingerprint density at radius 2 is 1.73 bits per heavy atom. The van der Waals surface area contributed by atoms with E-state index in [1.54, 1.807) is 44.6 Å². The molecule has 6 heteroatoms. The lowest BCUT2D eigenvalue weighted by Gasteiger charge is -2.18. The fraction of sp³-hybridized carbons (Fsp3) is 0.250. The molecular formula is C20H23NO5. The van der Waals surface area contributed by atoms with E-state index in [9.17, 15) is 9.90 Å². The summed E-state index contributed by atoms with van der Waals surface area (Å²) in [7, 11) is 4.59. The molecule has 0 spiro atoms. The van der Waals surface area contributed by atoms with Crippen molar-refractivity contribution in [2.24, 2.45) is 0 Å². The second-order valence-electron chi connectivity index (χ2n) is 5.49. The van der Waals surface area contributed by atoms with E-state index in [2.05, 4.69) is 0 Å². The summed E-state index contributed by atoms with van der Waals surface area (Å²) in [4.78, 5) is 17.5. The second-order valence-corrected chi connectivity index (χ2v) is 5.49. The first-order valence-corrected chi connectivity index (χ1v) is 8.11. The normalized spacial score (nSPS) is 10.7. The molecule has 0 aliphatic rings. The number of methoxy groups -OCH3 is 2. The van der Waals surface area contributed by atoms with Crippen molar-refractivity contribution in [2.75, 3.05) is 27.9 Å². The number of aromatic hydroxyl groups is 1. The summed E-state index contributed by atoms with van der Waals surface area (Å²) in [5.41, 5.74) is 1.81. The minimum Gasteiger partial charge on any atom is -0.508 e. The zero-order valence-corrected chi connectivity index (χ0v) is 15.1. The molecule has 26 heavy (non-hydrogen) atoms. The number of amides is 1. The number of phenolic OH excluding ortho intramolecular Hbond substituents is 1. The number of benzene rings is 2. The average molecular weight is 357 g/mol. The molecule has 138 valence electrons. The minimum atomic E-state index is -0.263. The quantitative estimate of drug-likeness (QED) is 0.581. The van der Waals surface area contributed by atoms with Gasteiger partial charge in [0.25, 0.3) is 5.91 Å². The van der Waals surface area contributed by atoms with Crippen molar-refractivity contribution >= 4 is 12.0 Å². The van der Waals surface area contributed by atoms with Gasteiger partial charge in [-0.25, -0.2) is 5.06 Å². The van der Waals surface area contributed by atoms with Crippen LogP contribution in [0.3, 0.4) is 0 Å². The van der Waals surface area contributed by atoms with Crippen LogP contribution < -0.4 is 9.47 Å². The van der Waals surface area contributed by atoms with Gasteiger partial charge in [0, 0.05) is 6.08 Å². The van der Waals surface area contributed by atoms with Gasteiger partial charge >= 0.3 is 0 Å². The molecule has 0 heterocycles. The number of carbonyl (C=O) groups excluding carboxylic acids is 1. The number of nitrogens with zero attached hydrogens (tertiary/aromatic N) is 1. The molecule has 0 aromatic heterocycles. The maximum Gasteiger partial charge on any atom is 0.270 e. The molecule has 2 aromatic rings. The van der Waals surface area contributed by atoms with E-state index in [0.29, 0.717) is 24.5 Å². The van der Waals surface area contributed by atoms with Gasteiger partial charge in [0.1, 0.15) is 5.75 Å². The molecule has 0 aliphatic heterocycles. The van der Waals surface area contributed by atoms with E-state index < -0.39 is 0 Å². The van der Waals surface area contributed by atoms with Crippen molar-refractivity contribution in [3.63, 3.8) is 0 Å². The lowest BCUT2D eigenvalue weighted by molar-refractivity contribution is -0.169. The van der Waals surface area contributed by atoms with E-state index in [-0.39, 0.29) is 11.7 Å². The topological polar surface area (TPSA) is 68.2 Å². The van der Waals surface area contributed by atoms with Gasteiger partial charge in [-0.1, -0.05) is 18.2 Å². The van der Waals surface area contributed by atoms with E-state index in [1.807, 2.05) is 18.2 Å². The summed E-state index contributed by atoms with van der Waals surface area (Å²) < 4.78 is 10.4. The average Bonchev–Trinajstić information content (AvgIpc) is 2.67. The predicted molar refractivity (Wildman–Crippen MR) is 99.1 cm³/mol. The van der Waals surface area contributed by atoms with Crippen molar-refractivity contribution in [1.29, 1.82) is 0 Å². The molecule has 0 unspecified atom stereocenters. The summed E-state index contributed by atoms with van der Waals surface area (Å²) >= 11 is 0. The van der Waals surface area contributed by atoms with Gasteiger partial charge in [0.15, 0.2) is 11.5 Å². The second kappa shape index (κ2) is 9.48. The first kappa shape index (κ1) is 19.3. The Morgan fingerprint density at radius 3 is 2.35 bits per heavy atom. The van der Waals surface area contributed by atoms with Crippen molar-refractivity contribution in [2.45, 2.75) is 6.42 Å². The van der Waals surface area contributed by atoms with Crippen LogP contribution in [0.2, 0.25) is 0 Å². The molecule has 1 N–H and O–H groups in total. The van der Waals surface area contributed by atoms with Crippen LogP contribution in [-0.2, 0) is 16.1 Å². The maximum atomic E-state index is 12.3. The predicted octanol–water partition coefficient (Wildman–Crippen LogP) is 3.06. The van der Waals surface area contributed by atoms with E-state index in [1.165, 1.54) is 18.2 Å². The van der Waals surface area contributed by atoms with Crippen LogP contribution in [0, 0.1) is 0 Å². The number of hydroxylamine groups is 2. The summed E-state index contributed by atoms with van der Waals surface area (Å²) in [5, 5.41) is 10.6. The van der Waals surface area contributed by atoms with Gasteiger partial charge < -0.3 is 14.6 Å².